The van der Waals surface area contributed by atoms with E-state index in [-0.39, 0.29) is 0 Å². The first kappa shape index (κ1) is 12.3. The van der Waals surface area contributed by atoms with Gasteiger partial charge in [-0.25, -0.2) is 0 Å². The predicted octanol–water partition coefficient (Wildman–Crippen LogP) is 4.48. The molecule has 1 unspecified atom stereocenters. The number of aliphatic hydroxyl groups excluding tert-OH is 1. The minimum Gasteiger partial charge on any atom is -0.458 e. The van der Waals surface area contributed by atoms with Gasteiger partial charge in [-0.05, 0) is 36.8 Å². The highest BCUT2D eigenvalue weighted by atomic mass is 35.5. The third-order valence-electron chi connectivity index (χ3n) is 3.12. The highest BCUT2D eigenvalue weighted by Gasteiger charge is 2.15. The van der Waals surface area contributed by atoms with Gasteiger partial charge in [-0.1, -0.05) is 41.4 Å². The largest absolute Gasteiger partial charge is 0.458 e. The van der Waals surface area contributed by atoms with Gasteiger partial charge in [0.15, 0.2) is 0 Å². The van der Waals surface area contributed by atoms with Crippen LogP contribution >= 0.6 is 11.6 Å². The molecule has 3 heteroatoms. The highest BCUT2D eigenvalue weighted by Crippen LogP contribution is 2.29. The highest BCUT2D eigenvalue weighted by molar-refractivity contribution is 6.31. The summed E-state index contributed by atoms with van der Waals surface area (Å²) in [5.41, 5.74) is 2.66. The topological polar surface area (TPSA) is 33.4 Å². The van der Waals surface area contributed by atoms with E-state index < -0.39 is 6.10 Å². The van der Waals surface area contributed by atoms with E-state index in [1.54, 1.807) is 6.07 Å². The molecule has 1 N–H and O–H groups in total. The molecule has 0 aliphatic heterocycles. The first-order valence-electron chi connectivity index (χ1n) is 6.07. The summed E-state index contributed by atoms with van der Waals surface area (Å²) >= 11 is 5.94. The van der Waals surface area contributed by atoms with Crippen molar-refractivity contribution in [2.24, 2.45) is 0 Å². The Labute approximate surface area is 116 Å². The number of benzene rings is 2. The average molecular weight is 273 g/mol. The lowest BCUT2D eigenvalue weighted by atomic mass is 10.0. The minimum atomic E-state index is -0.758. The maximum Gasteiger partial charge on any atom is 0.138 e. The first-order valence-corrected chi connectivity index (χ1v) is 6.45. The van der Waals surface area contributed by atoms with Gasteiger partial charge >= 0.3 is 0 Å². The molecule has 2 aromatic carbocycles. The molecule has 1 atom stereocenters. The Morgan fingerprint density at radius 3 is 2.74 bits per heavy atom. The fourth-order valence-corrected chi connectivity index (χ4v) is 2.35. The van der Waals surface area contributed by atoms with E-state index in [9.17, 15) is 5.11 Å². The van der Waals surface area contributed by atoms with Crippen LogP contribution in [0.2, 0.25) is 5.02 Å². The van der Waals surface area contributed by atoms with Crippen molar-refractivity contribution in [2.75, 3.05) is 0 Å². The molecule has 96 valence electrons. The Kier molecular flexibility index (Phi) is 3.05. The molecule has 19 heavy (non-hydrogen) atoms. The van der Waals surface area contributed by atoms with Crippen molar-refractivity contribution in [2.45, 2.75) is 13.0 Å². The van der Waals surface area contributed by atoms with Crippen LogP contribution in [-0.2, 0) is 0 Å². The average Bonchev–Trinajstić information content (AvgIpc) is 2.80. The van der Waals surface area contributed by atoms with Crippen LogP contribution < -0.4 is 0 Å². The van der Waals surface area contributed by atoms with Crippen molar-refractivity contribution < 1.29 is 9.52 Å². The zero-order chi connectivity index (χ0) is 13.4. The van der Waals surface area contributed by atoms with E-state index in [2.05, 4.69) is 0 Å². The van der Waals surface area contributed by atoms with Gasteiger partial charge in [-0.3, -0.25) is 0 Å². The Hall–Kier alpha value is -1.77. The molecule has 0 fully saturated rings. The third kappa shape index (κ3) is 2.37. The second kappa shape index (κ2) is 4.72. The van der Waals surface area contributed by atoms with Crippen LogP contribution in [-0.4, -0.2) is 5.11 Å². The van der Waals surface area contributed by atoms with Crippen molar-refractivity contribution in [1.82, 2.24) is 0 Å². The molecule has 0 spiro atoms. The first-order chi connectivity index (χ1) is 9.13. The normalized spacial score (nSPS) is 12.8. The lowest BCUT2D eigenvalue weighted by Gasteiger charge is -2.08. The Balaban J connectivity index is 2.04. The van der Waals surface area contributed by atoms with Gasteiger partial charge in [0.2, 0.25) is 0 Å². The summed E-state index contributed by atoms with van der Waals surface area (Å²) in [4.78, 5) is 0. The molecule has 3 aromatic rings. The summed E-state index contributed by atoms with van der Waals surface area (Å²) in [6.45, 7) is 1.99. The molecule has 3 rings (SSSR count). The van der Waals surface area contributed by atoms with Crippen molar-refractivity contribution in [1.29, 1.82) is 0 Å². The Bertz CT molecular complexity index is 730. The number of aliphatic hydroxyl groups is 1. The number of hydrogen-bond acceptors (Lipinski definition) is 2. The van der Waals surface area contributed by atoms with Gasteiger partial charge in [-0.2, -0.15) is 0 Å². The van der Waals surface area contributed by atoms with Gasteiger partial charge in [0.25, 0.3) is 0 Å². The van der Waals surface area contributed by atoms with Crippen LogP contribution in [0, 0.1) is 6.92 Å². The van der Waals surface area contributed by atoms with E-state index in [1.807, 2.05) is 49.4 Å². The lowest BCUT2D eigenvalue weighted by Crippen LogP contribution is -1.97. The number of rotatable bonds is 2. The van der Waals surface area contributed by atoms with Gasteiger partial charge in [0.1, 0.15) is 17.4 Å². The number of aryl methyl sites for hydroxylation is 1. The molecule has 0 saturated heterocycles. The predicted molar refractivity (Wildman–Crippen MR) is 76.5 cm³/mol. The second-order valence-electron chi connectivity index (χ2n) is 4.65. The maximum atomic E-state index is 10.4. The molecule has 0 saturated carbocycles. The summed E-state index contributed by atoms with van der Waals surface area (Å²) in [6.07, 6.45) is -0.758. The minimum absolute atomic E-state index is 0.530. The summed E-state index contributed by atoms with van der Waals surface area (Å²) < 4.78 is 5.67. The van der Waals surface area contributed by atoms with E-state index in [4.69, 9.17) is 16.0 Å². The van der Waals surface area contributed by atoms with Gasteiger partial charge < -0.3 is 9.52 Å². The van der Waals surface area contributed by atoms with E-state index >= 15 is 0 Å². The fourth-order valence-electron chi connectivity index (χ4n) is 2.17. The van der Waals surface area contributed by atoms with Crippen LogP contribution in [0.25, 0.3) is 11.0 Å². The molecular formula is C16H13ClO2. The molecular weight excluding hydrogens is 260 g/mol. The van der Waals surface area contributed by atoms with E-state index in [1.165, 1.54) is 0 Å². The molecule has 2 nitrogen and oxygen atoms in total. The number of furan rings is 1. The van der Waals surface area contributed by atoms with Crippen LogP contribution in [0.4, 0.5) is 0 Å². The standard InChI is InChI=1S/C16H13ClO2/c1-10-3-2-4-11(7-10)16(18)15-9-12-8-13(17)5-6-14(12)19-15/h2-9,16,18H,1H3. The third-order valence-corrected chi connectivity index (χ3v) is 3.36. The molecule has 0 aliphatic carbocycles. The van der Waals surface area contributed by atoms with Gasteiger partial charge in [-0.15, -0.1) is 0 Å². The smallest absolute Gasteiger partial charge is 0.138 e. The van der Waals surface area contributed by atoms with E-state index in [0.717, 1.165) is 22.1 Å². The van der Waals surface area contributed by atoms with Crippen molar-refractivity contribution >= 4 is 22.6 Å². The van der Waals surface area contributed by atoms with Crippen molar-refractivity contribution in [3.05, 3.63) is 70.4 Å². The zero-order valence-corrected chi connectivity index (χ0v) is 11.2. The maximum absolute atomic E-state index is 10.4. The fraction of sp³-hybridized carbons (Fsp3) is 0.125. The summed E-state index contributed by atoms with van der Waals surface area (Å²) in [6, 6.07) is 15.0. The molecule has 0 aliphatic rings. The monoisotopic (exact) mass is 272 g/mol. The zero-order valence-electron chi connectivity index (χ0n) is 10.4. The van der Waals surface area contributed by atoms with Crippen molar-refractivity contribution in [3.63, 3.8) is 0 Å². The Morgan fingerprint density at radius 2 is 1.95 bits per heavy atom. The number of hydrogen-bond donors (Lipinski definition) is 1. The quantitative estimate of drug-likeness (QED) is 0.746. The van der Waals surface area contributed by atoms with Crippen LogP contribution in [0.15, 0.2) is 52.9 Å². The Morgan fingerprint density at radius 1 is 1.11 bits per heavy atom. The second-order valence-corrected chi connectivity index (χ2v) is 5.08. The summed E-state index contributed by atoms with van der Waals surface area (Å²) in [5.74, 6) is 0.530. The van der Waals surface area contributed by atoms with E-state index in [0.29, 0.717) is 10.8 Å². The summed E-state index contributed by atoms with van der Waals surface area (Å²) in [7, 11) is 0. The number of fused-ring (bicyclic) bond motifs is 1. The SMILES string of the molecule is Cc1cccc(C(O)c2cc3cc(Cl)ccc3o2)c1. The molecule has 1 heterocycles. The van der Waals surface area contributed by atoms with Crippen molar-refractivity contribution in [3.8, 4) is 0 Å². The van der Waals surface area contributed by atoms with Crippen LogP contribution in [0.1, 0.15) is 23.0 Å². The van der Waals surface area contributed by atoms with Gasteiger partial charge in [0, 0.05) is 10.4 Å². The van der Waals surface area contributed by atoms with Gasteiger partial charge in [0.05, 0.1) is 0 Å². The van der Waals surface area contributed by atoms with Crippen LogP contribution in [0.3, 0.4) is 0 Å². The molecule has 0 bridgehead atoms. The lowest BCUT2D eigenvalue weighted by molar-refractivity contribution is 0.192. The molecule has 1 aromatic heterocycles. The molecule has 0 amide bonds. The number of halogens is 1. The van der Waals surface area contributed by atoms with Crippen LogP contribution in [0.5, 0.6) is 0 Å². The summed E-state index contributed by atoms with van der Waals surface area (Å²) in [5, 5.41) is 11.9. The molecule has 0 radical (unpaired) electrons.